The van der Waals surface area contributed by atoms with Crippen LogP contribution in [0.4, 0.5) is 5.69 Å². The zero-order chi connectivity index (χ0) is 16.9. The summed E-state index contributed by atoms with van der Waals surface area (Å²) in [5.74, 6) is 0.410. The summed E-state index contributed by atoms with van der Waals surface area (Å²) in [6.45, 7) is 6.11. The highest BCUT2D eigenvalue weighted by Crippen LogP contribution is 2.50. The van der Waals surface area contributed by atoms with Crippen molar-refractivity contribution in [3.63, 3.8) is 0 Å². The topological polar surface area (TPSA) is 75.3 Å². The molecule has 7 heteroatoms. The number of carbonyl (C=O) groups is 1. The highest BCUT2D eigenvalue weighted by atomic mass is 16.8. The number of rotatable bonds is 3. The van der Waals surface area contributed by atoms with E-state index < -0.39 is 5.79 Å². The molecule has 7 nitrogen and oxygen atoms in total. The van der Waals surface area contributed by atoms with E-state index in [0.29, 0.717) is 18.1 Å². The number of hydrogen-bond donors (Lipinski definition) is 1. The van der Waals surface area contributed by atoms with Crippen molar-refractivity contribution in [2.24, 2.45) is 0 Å². The lowest BCUT2D eigenvalue weighted by Crippen LogP contribution is -2.43. The molecule has 0 amide bonds. The van der Waals surface area contributed by atoms with Gasteiger partial charge >= 0.3 is 5.97 Å². The summed E-state index contributed by atoms with van der Waals surface area (Å²) in [6.07, 6.45) is -0.343. The average Bonchev–Trinajstić information content (AvgIpc) is 3.08. The van der Waals surface area contributed by atoms with Gasteiger partial charge in [-0.25, -0.2) is 0 Å². The summed E-state index contributed by atoms with van der Waals surface area (Å²) >= 11 is 0. The van der Waals surface area contributed by atoms with Gasteiger partial charge in [0, 0.05) is 17.3 Å². The molecule has 24 heavy (non-hydrogen) atoms. The highest BCUT2D eigenvalue weighted by molar-refractivity contribution is 5.72. The molecule has 1 fully saturated rings. The molecule has 0 radical (unpaired) electrons. The summed E-state index contributed by atoms with van der Waals surface area (Å²) in [5.41, 5.74) is 1.83. The number of fused-ring (bicyclic) bond motifs is 4. The van der Waals surface area contributed by atoms with Gasteiger partial charge in [0.15, 0.2) is 17.3 Å². The molecular formula is C17H21NO6. The standard InChI is InChI=1S/C17H21NO6/c1-4-20-14(19)7-11-16-15(23-17(2,3)24-16)9-5-12-13(22-8-21-12)6-10(9)18-11/h5-6,11,15-16,18H,4,7-8H2,1-3H3/t11-,15-,16-/m0/s1. The van der Waals surface area contributed by atoms with Gasteiger partial charge in [0.05, 0.1) is 19.1 Å². The third kappa shape index (κ3) is 2.57. The van der Waals surface area contributed by atoms with E-state index in [4.69, 9.17) is 23.7 Å². The van der Waals surface area contributed by atoms with Crippen molar-refractivity contribution in [1.29, 1.82) is 0 Å². The summed E-state index contributed by atoms with van der Waals surface area (Å²) in [6, 6.07) is 3.58. The van der Waals surface area contributed by atoms with Gasteiger partial charge in [0.1, 0.15) is 12.2 Å². The van der Waals surface area contributed by atoms with Crippen LogP contribution in [0.15, 0.2) is 12.1 Å². The molecule has 1 aromatic carbocycles. The van der Waals surface area contributed by atoms with Crippen LogP contribution in [0.2, 0.25) is 0 Å². The molecule has 3 heterocycles. The van der Waals surface area contributed by atoms with Crippen LogP contribution < -0.4 is 14.8 Å². The molecule has 130 valence electrons. The van der Waals surface area contributed by atoms with Crippen LogP contribution in [0, 0.1) is 0 Å². The van der Waals surface area contributed by atoms with E-state index in [0.717, 1.165) is 11.3 Å². The van der Waals surface area contributed by atoms with Crippen molar-refractivity contribution >= 4 is 11.7 Å². The first kappa shape index (κ1) is 15.5. The van der Waals surface area contributed by atoms with Crippen molar-refractivity contribution in [2.45, 2.75) is 51.2 Å². The van der Waals surface area contributed by atoms with Crippen molar-refractivity contribution < 1.29 is 28.5 Å². The van der Waals surface area contributed by atoms with Crippen LogP contribution in [0.25, 0.3) is 0 Å². The summed E-state index contributed by atoms with van der Waals surface area (Å²) < 4.78 is 28.2. The zero-order valence-corrected chi connectivity index (χ0v) is 14.0. The Morgan fingerprint density at radius 2 is 2.04 bits per heavy atom. The van der Waals surface area contributed by atoms with Gasteiger partial charge in [-0.15, -0.1) is 0 Å². The minimum atomic E-state index is -0.720. The highest BCUT2D eigenvalue weighted by Gasteiger charge is 2.50. The quantitative estimate of drug-likeness (QED) is 0.850. The number of esters is 1. The molecule has 4 rings (SSSR count). The number of nitrogens with one attached hydrogen (secondary N) is 1. The van der Waals surface area contributed by atoms with Gasteiger partial charge in [-0.05, 0) is 26.8 Å². The van der Waals surface area contributed by atoms with Gasteiger partial charge in [0.2, 0.25) is 6.79 Å². The normalized spacial score (nSPS) is 28.7. The summed E-state index contributed by atoms with van der Waals surface area (Å²) in [4.78, 5) is 12.0. The van der Waals surface area contributed by atoms with Crippen LogP contribution in [0.1, 0.15) is 38.9 Å². The lowest BCUT2D eigenvalue weighted by Gasteiger charge is -2.34. The minimum absolute atomic E-state index is 0.210. The third-order valence-corrected chi connectivity index (χ3v) is 4.41. The zero-order valence-electron chi connectivity index (χ0n) is 14.0. The fourth-order valence-corrected chi connectivity index (χ4v) is 3.49. The Hall–Kier alpha value is -1.99. The Bertz CT molecular complexity index is 673. The fraction of sp³-hybridized carbons (Fsp3) is 0.588. The molecule has 0 aromatic heterocycles. The molecule has 0 bridgehead atoms. The first-order valence-corrected chi connectivity index (χ1v) is 8.18. The van der Waals surface area contributed by atoms with Crippen molar-refractivity contribution in [3.8, 4) is 11.5 Å². The third-order valence-electron chi connectivity index (χ3n) is 4.41. The van der Waals surface area contributed by atoms with E-state index in [2.05, 4.69) is 5.32 Å². The molecule has 0 aliphatic carbocycles. The van der Waals surface area contributed by atoms with Crippen LogP contribution in [-0.4, -0.2) is 37.3 Å². The van der Waals surface area contributed by atoms with Crippen LogP contribution in [0.3, 0.4) is 0 Å². The van der Waals surface area contributed by atoms with E-state index in [-0.39, 0.29) is 37.4 Å². The van der Waals surface area contributed by atoms with Crippen LogP contribution in [-0.2, 0) is 19.0 Å². The molecule has 3 atom stereocenters. The number of anilines is 1. The van der Waals surface area contributed by atoms with Gasteiger partial charge < -0.3 is 29.0 Å². The number of ether oxygens (including phenoxy) is 5. The second-order valence-electron chi connectivity index (χ2n) is 6.57. The maximum Gasteiger partial charge on any atom is 0.307 e. The minimum Gasteiger partial charge on any atom is -0.466 e. The molecule has 3 aliphatic heterocycles. The Morgan fingerprint density at radius 3 is 2.79 bits per heavy atom. The SMILES string of the molecule is CCOC(=O)C[C@@H]1Nc2cc3c(cc2[C@@H]2OC(C)(C)O[C@@H]12)OCO3. The predicted molar refractivity (Wildman–Crippen MR) is 84.0 cm³/mol. The molecule has 0 unspecified atom stereocenters. The lowest BCUT2D eigenvalue weighted by molar-refractivity contribution is -0.151. The summed E-state index contributed by atoms with van der Waals surface area (Å²) in [5, 5.41) is 3.38. The first-order valence-electron chi connectivity index (χ1n) is 8.18. The van der Waals surface area contributed by atoms with E-state index in [1.54, 1.807) is 6.92 Å². The van der Waals surface area contributed by atoms with E-state index >= 15 is 0 Å². The molecule has 1 aromatic rings. The Morgan fingerprint density at radius 1 is 1.29 bits per heavy atom. The number of hydrogen-bond acceptors (Lipinski definition) is 7. The second kappa shape index (κ2) is 5.53. The Balaban J connectivity index is 1.68. The molecule has 0 saturated carbocycles. The van der Waals surface area contributed by atoms with Gasteiger partial charge in [0.25, 0.3) is 0 Å². The maximum atomic E-state index is 12.0. The summed E-state index contributed by atoms with van der Waals surface area (Å²) in [7, 11) is 0. The maximum absolute atomic E-state index is 12.0. The monoisotopic (exact) mass is 335 g/mol. The van der Waals surface area contributed by atoms with Gasteiger partial charge in [-0.3, -0.25) is 4.79 Å². The van der Waals surface area contributed by atoms with Crippen molar-refractivity contribution in [1.82, 2.24) is 0 Å². The smallest absolute Gasteiger partial charge is 0.307 e. The number of carbonyl (C=O) groups excluding carboxylic acids is 1. The lowest BCUT2D eigenvalue weighted by atomic mass is 9.90. The molecular weight excluding hydrogens is 314 g/mol. The van der Waals surface area contributed by atoms with E-state index in [9.17, 15) is 4.79 Å². The fourth-order valence-electron chi connectivity index (χ4n) is 3.49. The Labute approximate surface area is 140 Å². The first-order chi connectivity index (χ1) is 11.5. The molecule has 1 saturated heterocycles. The largest absolute Gasteiger partial charge is 0.466 e. The van der Waals surface area contributed by atoms with Crippen LogP contribution >= 0.6 is 0 Å². The second-order valence-corrected chi connectivity index (χ2v) is 6.57. The number of benzene rings is 1. The van der Waals surface area contributed by atoms with Gasteiger partial charge in [-0.2, -0.15) is 0 Å². The van der Waals surface area contributed by atoms with E-state index in [1.807, 2.05) is 26.0 Å². The molecule has 0 spiro atoms. The molecule has 3 aliphatic rings. The van der Waals surface area contributed by atoms with Crippen molar-refractivity contribution in [2.75, 3.05) is 18.7 Å². The molecule has 1 N–H and O–H groups in total. The Kier molecular flexibility index (Phi) is 3.58. The predicted octanol–water partition coefficient (Wildman–Crippen LogP) is 2.36. The van der Waals surface area contributed by atoms with Crippen LogP contribution in [0.5, 0.6) is 11.5 Å². The van der Waals surface area contributed by atoms with E-state index in [1.165, 1.54) is 0 Å². The average molecular weight is 335 g/mol. The van der Waals surface area contributed by atoms with Crippen molar-refractivity contribution in [3.05, 3.63) is 17.7 Å². The van der Waals surface area contributed by atoms with Gasteiger partial charge in [-0.1, -0.05) is 0 Å².